The van der Waals surface area contributed by atoms with Crippen LogP contribution in [0.25, 0.3) is 0 Å². The molecule has 8 heteroatoms. The van der Waals surface area contributed by atoms with Gasteiger partial charge in [-0.15, -0.1) is 0 Å². The summed E-state index contributed by atoms with van der Waals surface area (Å²) in [5.74, 6) is -2.66. The van der Waals surface area contributed by atoms with E-state index < -0.39 is 17.7 Å². The zero-order valence-corrected chi connectivity index (χ0v) is 16.1. The standard InChI is InChI=1S/C12H11ClO3.C8H5ClN2O/c13-9-4-2-1-3-8(9)12(5-6-12)7-10(14)11(15)16;9-7-3-5(8(11)12)1-2-6(7)4-10/h1-4H,5-7H2,(H,15,16);1-3H,(H2,11,12). The van der Waals surface area contributed by atoms with Crippen molar-refractivity contribution >= 4 is 40.9 Å². The van der Waals surface area contributed by atoms with E-state index in [9.17, 15) is 14.4 Å². The summed E-state index contributed by atoms with van der Waals surface area (Å²) in [5.41, 5.74) is 6.20. The summed E-state index contributed by atoms with van der Waals surface area (Å²) in [6, 6.07) is 13.5. The number of carbonyl (C=O) groups excluding carboxylic acids is 2. The van der Waals surface area contributed by atoms with Crippen LogP contribution in [-0.4, -0.2) is 22.8 Å². The van der Waals surface area contributed by atoms with Crippen LogP contribution in [-0.2, 0) is 15.0 Å². The van der Waals surface area contributed by atoms with Gasteiger partial charge in [0.05, 0.1) is 10.6 Å². The molecule has 144 valence electrons. The molecule has 0 heterocycles. The minimum atomic E-state index is -1.36. The minimum absolute atomic E-state index is 0.0477. The number of carbonyl (C=O) groups is 3. The van der Waals surface area contributed by atoms with Gasteiger partial charge in [-0.05, 0) is 42.7 Å². The third-order valence-electron chi connectivity index (χ3n) is 4.41. The van der Waals surface area contributed by atoms with Gasteiger partial charge in [0.15, 0.2) is 0 Å². The third-order valence-corrected chi connectivity index (χ3v) is 5.05. The van der Waals surface area contributed by atoms with Crippen molar-refractivity contribution in [2.75, 3.05) is 0 Å². The van der Waals surface area contributed by atoms with E-state index in [0.29, 0.717) is 16.1 Å². The summed E-state index contributed by atoms with van der Waals surface area (Å²) in [6.07, 6.45) is 1.71. The Kier molecular flexibility index (Phi) is 6.79. The van der Waals surface area contributed by atoms with Crippen molar-refractivity contribution in [3.63, 3.8) is 0 Å². The average molecular weight is 419 g/mol. The second-order valence-electron chi connectivity index (χ2n) is 6.34. The molecule has 0 aliphatic heterocycles. The van der Waals surface area contributed by atoms with E-state index in [2.05, 4.69) is 0 Å². The van der Waals surface area contributed by atoms with Crippen molar-refractivity contribution < 1.29 is 19.5 Å². The molecule has 3 rings (SSSR count). The molecule has 0 spiro atoms. The monoisotopic (exact) mass is 418 g/mol. The predicted octanol–water partition coefficient (Wildman–Crippen LogP) is 3.73. The van der Waals surface area contributed by atoms with Crippen LogP contribution >= 0.6 is 23.2 Å². The van der Waals surface area contributed by atoms with Crippen LogP contribution in [0.5, 0.6) is 0 Å². The summed E-state index contributed by atoms with van der Waals surface area (Å²) < 4.78 is 0. The van der Waals surface area contributed by atoms with Crippen molar-refractivity contribution in [3.05, 3.63) is 69.2 Å². The number of carboxylic acids is 1. The van der Waals surface area contributed by atoms with E-state index >= 15 is 0 Å². The topological polar surface area (TPSA) is 121 Å². The smallest absolute Gasteiger partial charge is 0.372 e. The number of nitriles is 1. The van der Waals surface area contributed by atoms with Gasteiger partial charge >= 0.3 is 5.97 Å². The highest BCUT2D eigenvalue weighted by Gasteiger charge is 2.47. The van der Waals surface area contributed by atoms with E-state index in [1.165, 1.54) is 18.2 Å². The van der Waals surface area contributed by atoms with E-state index in [1.54, 1.807) is 6.07 Å². The highest BCUT2D eigenvalue weighted by atomic mass is 35.5. The highest BCUT2D eigenvalue weighted by Crippen LogP contribution is 2.53. The number of hydrogen-bond acceptors (Lipinski definition) is 4. The van der Waals surface area contributed by atoms with Crippen LogP contribution in [0.3, 0.4) is 0 Å². The molecule has 0 bridgehead atoms. The SMILES string of the molecule is N#Cc1ccc(C(N)=O)cc1Cl.O=C(O)C(=O)CC1(c2ccccc2Cl)CC1. The van der Waals surface area contributed by atoms with E-state index in [1.807, 2.05) is 24.3 Å². The molecule has 1 saturated carbocycles. The number of nitrogens with zero attached hydrogens (tertiary/aromatic N) is 1. The summed E-state index contributed by atoms with van der Waals surface area (Å²) in [4.78, 5) is 32.4. The summed E-state index contributed by atoms with van der Waals surface area (Å²) >= 11 is 11.7. The molecule has 0 radical (unpaired) electrons. The van der Waals surface area contributed by atoms with Crippen LogP contribution in [0.1, 0.15) is 40.7 Å². The molecule has 1 aliphatic carbocycles. The highest BCUT2D eigenvalue weighted by molar-refractivity contribution is 6.33. The van der Waals surface area contributed by atoms with Gasteiger partial charge in [0.2, 0.25) is 11.7 Å². The Balaban J connectivity index is 0.000000209. The molecule has 1 fully saturated rings. The van der Waals surface area contributed by atoms with Crippen LogP contribution in [0.4, 0.5) is 0 Å². The minimum Gasteiger partial charge on any atom is -0.476 e. The van der Waals surface area contributed by atoms with Crippen molar-refractivity contribution in [3.8, 4) is 6.07 Å². The van der Waals surface area contributed by atoms with Gasteiger partial charge in [0.1, 0.15) is 6.07 Å². The number of carboxylic acid groups (broad SMARTS) is 1. The molecule has 3 N–H and O–H groups in total. The van der Waals surface area contributed by atoms with Gasteiger partial charge in [-0.2, -0.15) is 5.26 Å². The Hall–Kier alpha value is -2.88. The lowest BCUT2D eigenvalue weighted by molar-refractivity contribution is -0.149. The first-order valence-electron chi connectivity index (χ1n) is 8.21. The summed E-state index contributed by atoms with van der Waals surface area (Å²) in [5, 5.41) is 18.0. The molecule has 0 atom stereocenters. The lowest BCUT2D eigenvalue weighted by Gasteiger charge is -2.15. The van der Waals surface area contributed by atoms with E-state index in [-0.39, 0.29) is 16.9 Å². The van der Waals surface area contributed by atoms with Crippen molar-refractivity contribution in [1.29, 1.82) is 5.26 Å². The maximum atomic E-state index is 11.2. The van der Waals surface area contributed by atoms with E-state index in [4.69, 9.17) is 39.3 Å². The largest absolute Gasteiger partial charge is 0.476 e. The Morgan fingerprint density at radius 2 is 1.75 bits per heavy atom. The van der Waals surface area contributed by atoms with Crippen LogP contribution in [0.15, 0.2) is 42.5 Å². The Labute approximate surface area is 171 Å². The number of rotatable bonds is 5. The molecule has 0 saturated heterocycles. The number of benzene rings is 2. The predicted molar refractivity (Wildman–Crippen MR) is 104 cm³/mol. The third kappa shape index (κ3) is 5.10. The molecular weight excluding hydrogens is 403 g/mol. The van der Waals surface area contributed by atoms with Gasteiger partial charge in [0.25, 0.3) is 0 Å². The van der Waals surface area contributed by atoms with Crippen LogP contribution < -0.4 is 5.73 Å². The molecule has 28 heavy (non-hydrogen) atoms. The average Bonchev–Trinajstić information content (AvgIpc) is 3.42. The lowest BCUT2D eigenvalue weighted by atomic mass is 9.90. The van der Waals surface area contributed by atoms with Gasteiger partial charge in [-0.3, -0.25) is 9.59 Å². The quantitative estimate of drug-likeness (QED) is 0.716. The van der Waals surface area contributed by atoms with Crippen molar-refractivity contribution in [2.24, 2.45) is 5.73 Å². The van der Waals surface area contributed by atoms with Crippen LogP contribution in [0, 0.1) is 11.3 Å². The fourth-order valence-corrected chi connectivity index (χ4v) is 3.28. The molecule has 1 amide bonds. The zero-order chi connectivity index (χ0) is 20.9. The molecule has 0 unspecified atom stereocenters. The first-order valence-corrected chi connectivity index (χ1v) is 8.96. The first-order chi connectivity index (χ1) is 13.2. The maximum Gasteiger partial charge on any atom is 0.372 e. The van der Waals surface area contributed by atoms with Gasteiger partial charge in [-0.1, -0.05) is 41.4 Å². The Morgan fingerprint density at radius 1 is 1.11 bits per heavy atom. The van der Waals surface area contributed by atoms with Gasteiger partial charge in [-0.25, -0.2) is 4.79 Å². The first kappa shape index (κ1) is 21.4. The number of primary amides is 1. The van der Waals surface area contributed by atoms with Crippen molar-refractivity contribution in [2.45, 2.75) is 24.7 Å². The zero-order valence-electron chi connectivity index (χ0n) is 14.6. The normalized spacial score (nSPS) is 13.5. The van der Waals surface area contributed by atoms with Crippen LogP contribution in [0.2, 0.25) is 10.0 Å². The molecule has 0 aromatic heterocycles. The van der Waals surface area contributed by atoms with E-state index in [0.717, 1.165) is 18.4 Å². The Bertz CT molecular complexity index is 978. The molecular formula is C20H16Cl2N2O4. The second-order valence-corrected chi connectivity index (χ2v) is 7.15. The molecule has 2 aromatic carbocycles. The number of aliphatic carboxylic acids is 1. The van der Waals surface area contributed by atoms with Gasteiger partial charge < -0.3 is 10.8 Å². The number of Topliss-reactive ketones (excluding diaryl/α,β-unsaturated/α-hetero) is 1. The number of amides is 1. The fraction of sp³-hybridized carbons (Fsp3) is 0.200. The van der Waals surface area contributed by atoms with Crippen molar-refractivity contribution in [1.82, 2.24) is 0 Å². The summed E-state index contributed by atoms with van der Waals surface area (Å²) in [6.45, 7) is 0. The number of nitrogens with two attached hydrogens (primary N) is 1. The Morgan fingerprint density at radius 3 is 2.21 bits per heavy atom. The number of hydrogen-bond donors (Lipinski definition) is 2. The maximum absolute atomic E-state index is 11.2. The molecule has 2 aromatic rings. The molecule has 6 nitrogen and oxygen atoms in total. The lowest BCUT2D eigenvalue weighted by Crippen LogP contribution is -2.20. The number of halogens is 2. The summed E-state index contributed by atoms with van der Waals surface area (Å²) in [7, 11) is 0. The van der Waals surface area contributed by atoms with Gasteiger partial charge in [0, 0.05) is 22.4 Å². The molecule has 1 aliphatic rings. The fourth-order valence-electron chi connectivity index (χ4n) is 2.73. The second kappa shape index (κ2) is 8.87. The number of ketones is 1.